The summed E-state index contributed by atoms with van der Waals surface area (Å²) in [4.78, 5) is 13.1. The zero-order valence-electron chi connectivity index (χ0n) is 16.4. The molecular weight excluding hydrogens is 429 g/mol. The molecule has 2 heterocycles. The van der Waals surface area contributed by atoms with Gasteiger partial charge < -0.3 is 24.5 Å². The number of hydrogen-bond acceptors (Lipinski definition) is 9. The van der Waals surface area contributed by atoms with Crippen molar-refractivity contribution in [1.82, 2.24) is 19.5 Å². The number of anilines is 1. The second-order valence-electron chi connectivity index (χ2n) is 7.01. The van der Waals surface area contributed by atoms with Crippen molar-refractivity contribution in [2.45, 2.75) is 31.3 Å². The minimum absolute atomic E-state index is 0.205. The van der Waals surface area contributed by atoms with Gasteiger partial charge in [0.1, 0.15) is 17.2 Å². The van der Waals surface area contributed by atoms with E-state index in [0.717, 1.165) is 12.8 Å². The van der Waals surface area contributed by atoms with E-state index in [2.05, 4.69) is 26.8 Å². The lowest BCUT2D eigenvalue weighted by atomic mass is 10.0. The second kappa shape index (κ2) is 8.56. The van der Waals surface area contributed by atoms with Gasteiger partial charge >= 0.3 is 0 Å². The van der Waals surface area contributed by atoms with Gasteiger partial charge in [-0.1, -0.05) is 18.1 Å². The van der Waals surface area contributed by atoms with E-state index in [-0.39, 0.29) is 17.5 Å². The molecule has 0 amide bonds. The lowest BCUT2D eigenvalue weighted by Gasteiger charge is -2.12. The van der Waals surface area contributed by atoms with Crippen molar-refractivity contribution in [1.29, 1.82) is 0 Å². The van der Waals surface area contributed by atoms with Crippen LogP contribution in [0.25, 0.3) is 22.6 Å². The Hall–Kier alpha value is -3.11. The average Bonchev–Trinajstić information content (AvgIpc) is 3.24. The first kappa shape index (κ1) is 22.6. The van der Waals surface area contributed by atoms with Crippen LogP contribution in [0.1, 0.15) is 31.5 Å². The molecule has 1 fully saturated rings. The van der Waals surface area contributed by atoms with Crippen molar-refractivity contribution in [2.24, 2.45) is 7.05 Å². The Morgan fingerprint density at radius 1 is 1.23 bits per heavy atom. The molecule has 2 aromatic heterocycles. The van der Waals surface area contributed by atoms with E-state index in [0.29, 0.717) is 35.4 Å². The van der Waals surface area contributed by atoms with Crippen LogP contribution in [0.3, 0.4) is 0 Å². The summed E-state index contributed by atoms with van der Waals surface area (Å²) in [6.45, 7) is 0. The lowest BCUT2D eigenvalue weighted by molar-refractivity contribution is 0.110. The van der Waals surface area contributed by atoms with Crippen LogP contribution < -0.4 is 5.73 Å². The van der Waals surface area contributed by atoms with Crippen LogP contribution in [0, 0.1) is 17.7 Å². The number of hydrogen-bond donors (Lipinski definition) is 2. The molecule has 0 bridgehead atoms. The molecule has 3 aromatic rings. The van der Waals surface area contributed by atoms with Crippen LogP contribution in [-0.4, -0.2) is 47.7 Å². The van der Waals surface area contributed by atoms with Gasteiger partial charge in [0.05, 0.1) is 0 Å². The van der Waals surface area contributed by atoms with Crippen LogP contribution in [0.2, 0.25) is 0 Å². The van der Waals surface area contributed by atoms with Gasteiger partial charge in [0.2, 0.25) is 5.82 Å². The number of nitrogen functional groups attached to an aromatic ring is 1. The number of aliphatic hydroxyl groups is 1. The SMILES string of the molecule is Cn1c(-c2cccc(F)c2)nc2c(N)nc(C#CC3(O)CCCC3)nc21.O=S(=O)([O-])[O-]. The normalized spacial score (nSPS) is 15.1. The van der Waals surface area contributed by atoms with Gasteiger partial charge in [-0.15, -0.1) is 0 Å². The van der Waals surface area contributed by atoms with Crippen molar-refractivity contribution in [2.75, 3.05) is 5.73 Å². The lowest BCUT2D eigenvalue weighted by Crippen LogP contribution is -2.20. The molecule has 1 aliphatic rings. The highest BCUT2D eigenvalue weighted by Gasteiger charge is 2.28. The van der Waals surface area contributed by atoms with Gasteiger partial charge in [0.25, 0.3) is 0 Å². The van der Waals surface area contributed by atoms with Crippen LogP contribution in [0.5, 0.6) is 0 Å². The Kier molecular flexibility index (Phi) is 6.23. The third-order valence-corrected chi connectivity index (χ3v) is 4.67. The van der Waals surface area contributed by atoms with Gasteiger partial charge in [0.15, 0.2) is 17.0 Å². The van der Waals surface area contributed by atoms with Gasteiger partial charge in [-0.25, -0.2) is 19.3 Å². The number of benzene rings is 1. The van der Waals surface area contributed by atoms with Crippen LogP contribution >= 0.6 is 0 Å². The van der Waals surface area contributed by atoms with Gasteiger partial charge in [-0.05, 0) is 43.7 Å². The first-order valence-corrected chi connectivity index (χ1v) is 10.5. The number of imidazole rings is 1. The molecule has 1 aliphatic carbocycles. The predicted octanol–water partition coefficient (Wildman–Crippen LogP) is 1.07. The number of aryl methyl sites for hydroxylation is 1. The summed E-state index contributed by atoms with van der Waals surface area (Å²) in [7, 11) is -3.39. The maximum Gasteiger partial charge on any atom is 0.209 e. The highest BCUT2D eigenvalue weighted by molar-refractivity contribution is 7.79. The third-order valence-electron chi connectivity index (χ3n) is 4.67. The first-order chi connectivity index (χ1) is 14.5. The van der Waals surface area contributed by atoms with E-state index in [1.54, 1.807) is 23.7 Å². The Morgan fingerprint density at radius 3 is 2.48 bits per heavy atom. The summed E-state index contributed by atoms with van der Waals surface area (Å²) >= 11 is 0. The van der Waals surface area contributed by atoms with Gasteiger partial charge in [-0.3, -0.25) is 8.42 Å². The zero-order valence-corrected chi connectivity index (χ0v) is 17.2. The molecule has 0 atom stereocenters. The van der Waals surface area contributed by atoms with E-state index in [1.165, 1.54) is 12.1 Å². The molecule has 0 unspecified atom stereocenters. The summed E-state index contributed by atoms with van der Waals surface area (Å²) in [5.41, 5.74) is 6.64. The minimum Gasteiger partial charge on any atom is -0.759 e. The molecule has 3 N–H and O–H groups in total. The van der Waals surface area contributed by atoms with Crippen molar-refractivity contribution in [3.63, 3.8) is 0 Å². The average molecular weight is 447 g/mol. The van der Waals surface area contributed by atoms with Crippen molar-refractivity contribution >= 4 is 27.4 Å². The summed E-state index contributed by atoms with van der Waals surface area (Å²) in [5.74, 6) is 6.36. The van der Waals surface area contributed by atoms with Crippen LogP contribution in [-0.2, 0) is 17.4 Å². The zero-order chi connectivity index (χ0) is 22.8. The van der Waals surface area contributed by atoms with E-state index in [4.69, 9.17) is 23.3 Å². The molecule has 0 aliphatic heterocycles. The summed E-state index contributed by atoms with van der Waals surface area (Å²) in [5, 5.41) is 10.4. The number of aromatic nitrogens is 4. The van der Waals surface area contributed by atoms with E-state index in [9.17, 15) is 9.50 Å². The van der Waals surface area contributed by atoms with Crippen molar-refractivity contribution in [3.8, 4) is 23.2 Å². The van der Waals surface area contributed by atoms with E-state index >= 15 is 0 Å². The quantitative estimate of drug-likeness (QED) is 0.314. The fraction of sp³-hybridized carbons (Fsp3) is 0.316. The third kappa shape index (κ3) is 5.74. The number of halogens is 1. The maximum absolute atomic E-state index is 13.5. The Morgan fingerprint density at radius 2 is 1.87 bits per heavy atom. The fourth-order valence-electron chi connectivity index (χ4n) is 3.28. The highest BCUT2D eigenvalue weighted by Crippen LogP contribution is 2.29. The molecule has 10 nitrogen and oxygen atoms in total. The number of rotatable bonds is 1. The van der Waals surface area contributed by atoms with Crippen molar-refractivity contribution < 1.29 is 27.0 Å². The molecule has 1 aromatic carbocycles. The number of nitrogens with zero attached hydrogens (tertiary/aromatic N) is 4. The molecule has 1 saturated carbocycles. The van der Waals surface area contributed by atoms with E-state index in [1.807, 2.05) is 0 Å². The smallest absolute Gasteiger partial charge is 0.209 e. The van der Waals surface area contributed by atoms with Crippen LogP contribution in [0.4, 0.5) is 10.2 Å². The summed E-state index contributed by atoms with van der Waals surface area (Å²) in [6, 6.07) is 6.17. The number of nitrogens with two attached hydrogens (primary N) is 1. The number of fused-ring (bicyclic) bond motifs is 1. The topological polar surface area (TPSA) is 170 Å². The molecule has 12 heteroatoms. The molecule has 0 spiro atoms. The second-order valence-corrected chi connectivity index (χ2v) is 7.82. The Labute approximate surface area is 177 Å². The van der Waals surface area contributed by atoms with Crippen LogP contribution in [0.15, 0.2) is 24.3 Å². The monoisotopic (exact) mass is 447 g/mol. The van der Waals surface area contributed by atoms with Crippen molar-refractivity contribution in [3.05, 3.63) is 35.9 Å². The Bertz CT molecular complexity index is 1280. The summed E-state index contributed by atoms with van der Waals surface area (Å²) in [6.07, 6.45) is 3.25. The standard InChI is InChI=1S/C19H18FN5O.H2O4S/c1-25-17(12-5-4-6-13(20)11-12)24-15-16(21)22-14(23-18(15)25)7-10-19(26)8-2-3-9-19;1-5(2,3)4/h4-6,11,26H,2-3,8-9H2,1H3,(H2,21,22,23);(H2,1,2,3,4)/p-2. The van der Waals surface area contributed by atoms with Gasteiger partial charge in [-0.2, -0.15) is 0 Å². The molecule has 31 heavy (non-hydrogen) atoms. The predicted molar refractivity (Wildman–Crippen MR) is 107 cm³/mol. The summed E-state index contributed by atoms with van der Waals surface area (Å²) < 4.78 is 49.4. The van der Waals surface area contributed by atoms with Gasteiger partial charge in [0, 0.05) is 23.0 Å². The molecule has 0 radical (unpaired) electrons. The molecule has 0 saturated heterocycles. The first-order valence-electron chi connectivity index (χ1n) is 9.13. The molecule has 4 rings (SSSR count). The Balaban J connectivity index is 0.000000491. The molecule has 164 valence electrons. The minimum atomic E-state index is -5.17. The fourth-order valence-corrected chi connectivity index (χ4v) is 3.28. The molecular formula is C19H18FN5O5S-2. The largest absolute Gasteiger partial charge is 0.759 e. The van der Waals surface area contributed by atoms with E-state index < -0.39 is 16.0 Å². The maximum atomic E-state index is 13.5. The highest BCUT2D eigenvalue weighted by atomic mass is 32.3.